The second-order valence-corrected chi connectivity index (χ2v) is 22.4. The number of ether oxygens (including phenoxy) is 11. The van der Waals surface area contributed by atoms with Gasteiger partial charge in [0.15, 0.2) is 18.2 Å². The molecule has 1 amide bonds. The van der Waals surface area contributed by atoms with Gasteiger partial charge in [0.05, 0.1) is 32.5 Å². The molecule has 0 aliphatic carbocycles. The standard InChI is InChI=1S/C63H76BrNO18/c1-41(66)73-40-52(75-37-45-24-14-7-15-25-45)62(32-18-9-19-33-65-60(71)79-49(47-26-16-8-17-27-47)34-43-20-10-5-11-21-43)57(76-38-46-28-30-48(64)31-29-46)53(68)56(78-42(2)67)58(83-62)80-54-50(74-36-44-22-12-6-13-23-44)35-63(72,59(69)70)82-55(54)51-39-77-61(3,4)81-51/h5-8,10-17,20-31,49-59,68-70,72H,9,18-19,32-40H2,1-4H3,(H,65,71)/t49?,50-,51-,52-,53-,54-,55-,56+,57+,58+,62-,63-/m1/s1. The Hall–Kier alpha value is -5.69. The predicted molar refractivity (Wildman–Crippen MR) is 303 cm³/mol. The fourth-order valence-corrected chi connectivity index (χ4v) is 10.9. The van der Waals surface area contributed by atoms with Crippen molar-refractivity contribution in [1.82, 2.24) is 5.32 Å². The van der Waals surface area contributed by atoms with Crippen LogP contribution in [0.5, 0.6) is 0 Å². The van der Waals surface area contributed by atoms with Gasteiger partial charge in [0.1, 0.15) is 54.9 Å². The summed E-state index contributed by atoms with van der Waals surface area (Å²) >= 11 is 3.50. The van der Waals surface area contributed by atoms with Crippen LogP contribution in [-0.2, 0) is 87.9 Å². The first-order valence-electron chi connectivity index (χ1n) is 28.0. The molecule has 5 N–H and O–H groups in total. The molecule has 0 radical (unpaired) electrons. The Kier molecular flexibility index (Phi) is 22.8. The van der Waals surface area contributed by atoms with Crippen LogP contribution in [0, 0.1) is 0 Å². The van der Waals surface area contributed by atoms with E-state index in [-0.39, 0.29) is 39.4 Å². The van der Waals surface area contributed by atoms with Crippen LogP contribution in [0.25, 0.3) is 0 Å². The molecule has 0 saturated carbocycles. The second kappa shape index (κ2) is 29.9. The molecule has 20 heteroatoms. The van der Waals surface area contributed by atoms with Gasteiger partial charge in [-0.05, 0) is 66.6 Å². The summed E-state index contributed by atoms with van der Waals surface area (Å²) in [6.45, 7) is 5.29. The molecule has 3 fully saturated rings. The molecular formula is C63H76BrNO18. The van der Waals surface area contributed by atoms with Crippen LogP contribution in [0.1, 0.15) is 93.7 Å². The van der Waals surface area contributed by atoms with Crippen LogP contribution in [0.4, 0.5) is 4.79 Å². The van der Waals surface area contributed by atoms with Crippen molar-refractivity contribution in [1.29, 1.82) is 0 Å². The van der Waals surface area contributed by atoms with E-state index < -0.39 is 116 Å². The molecule has 448 valence electrons. The van der Waals surface area contributed by atoms with Crippen molar-refractivity contribution in [2.75, 3.05) is 19.8 Å². The van der Waals surface area contributed by atoms with Crippen LogP contribution in [0.2, 0.25) is 0 Å². The van der Waals surface area contributed by atoms with Crippen LogP contribution >= 0.6 is 15.9 Å². The molecule has 3 saturated heterocycles. The molecule has 0 aromatic heterocycles. The highest BCUT2D eigenvalue weighted by Gasteiger charge is 2.63. The summed E-state index contributed by atoms with van der Waals surface area (Å²) < 4.78 is 71.8. The van der Waals surface area contributed by atoms with Crippen molar-refractivity contribution in [3.63, 3.8) is 0 Å². The van der Waals surface area contributed by atoms with Crippen molar-refractivity contribution in [3.05, 3.63) is 178 Å². The molecule has 5 aromatic rings. The van der Waals surface area contributed by atoms with E-state index >= 15 is 0 Å². The predicted octanol–water partition coefficient (Wildman–Crippen LogP) is 8.05. The minimum absolute atomic E-state index is 0.0167. The average molecular weight is 1220 g/mol. The lowest BCUT2D eigenvalue weighted by molar-refractivity contribution is -0.413. The van der Waals surface area contributed by atoms with Gasteiger partial charge in [-0.1, -0.05) is 162 Å². The van der Waals surface area contributed by atoms with Crippen LogP contribution < -0.4 is 5.32 Å². The van der Waals surface area contributed by atoms with Gasteiger partial charge in [0, 0.05) is 37.7 Å². The van der Waals surface area contributed by atoms with Crippen molar-refractivity contribution < 1.29 is 86.9 Å². The highest BCUT2D eigenvalue weighted by molar-refractivity contribution is 9.10. The normalized spacial score (nSPS) is 26.6. The van der Waals surface area contributed by atoms with E-state index in [0.29, 0.717) is 31.2 Å². The maximum Gasteiger partial charge on any atom is 0.407 e. The number of aliphatic hydroxyl groups is 4. The molecular weight excluding hydrogens is 1140 g/mol. The molecule has 3 heterocycles. The topological polar surface area (TPSA) is 246 Å². The first-order chi connectivity index (χ1) is 39.9. The molecule has 12 atom stereocenters. The zero-order valence-electron chi connectivity index (χ0n) is 47.1. The summed E-state index contributed by atoms with van der Waals surface area (Å²) in [5.74, 6) is -5.25. The van der Waals surface area contributed by atoms with E-state index in [9.17, 15) is 34.8 Å². The summed E-state index contributed by atoms with van der Waals surface area (Å²) in [4.78, 5) is 39.7. The summed E-state index contributed by atoms with van der Waals surface area (Å²) in [5, 5.41) is 49.3. The fraction of sp³-hybridized carbons (Fsp3) is 0.476. The number of amides is 1. The third-order valence-electron chi connectivity index (χ3n) is 14.8. The number of benzene rings is 5. The smallest absolute Gasteiger partial charge is 0.407 e. The quantitative estimate of drug-likeness (QED) is 0.0144. The van der Waals surface area contributed by atoms with Crippen molar-refractivity contribution >= 4 is 34.0 Å². The first-order valence-corrected chi connectivity index (χ1v) is 28.8. The summed E-state index contributed by atoms with van der Waals surface area (Å²) in [6, 6.07) is 45.0. The summed E-state index contributed by atoms with van der Waals surface area (Å²) in [6.07, 6.45) is -15.4. The van der Waals surface area contributed by atoms with Crippen molar-refractivity contribution in [3.8, 4) is 0 Å². The Morgan fingerprint density at radius 1 is 0.711 bits per heavy atom. The maximum absolute atomic E-state index is 13.5. The molecule has 1 unspecified atom stereocenters. The van der Waals surface area contributed by atoms with Gasteiger partial charge in [-0.3, -0.25) is 9.59 Å². The largest absolute Gasteiger partial charge is 0.463 e. The molecule has 8 rings (SSSR count). The van der Waals surface area contributed by atoms with Gasteiger partial charge in [-0.2, -0.15) is 0 Å². The number of halogens is 1. The van der Waals surface area contributed by atoms with E-state index in [1.54, 1.807) is 13.8 Å². The monoisotopic (exact) mass is 1210 g/mol. The lowest BCUT2D eigenvalue weighted by Crippen LogP contribution is -2.72. The number of unbranched alkanes of at least 4 members (excludes halogenated alkanes) is 2. The Labute approximate surface area is 492 Å². The van der Waals surface area contributed by atoms with Gasteiger partial charge in [-0.15, -0.1) is 0 Å². The summed E-state index contributed by atoms with van der Waals surface area (Å²) in [7, 11) is 0. The van der Waals surface area contributed by atoms with Gasteiger partial charge in [0.25, 0.3) is 0 Å². The lowest BCUT2D eigenvalue weighted by Gasteiger charge is -2.55. The maximum atomic E-state index is 13.5. The van der Waals surface area contributed by atoms with E-state index in [1.807, 2.05) is 146 Å². The zero-order chi connectivity index (χ0) is 59.0. The Bertz CT molecular complexity index is 2780. The van der Waals surface area contributed by atoms with E-state index in [4.69, 9.17) is 52.1 Å². The summed E-state index contributed by atoms with van der Waals surface area (Å²) in [5.41, 5.74) is 2.18. The van der Waals surface area contributed by atoms with Gasteiger partial charge < -0.3 is 77.8 Å². The average Bonchev–Trinajstić information content (AvgIpc) is 2.47. The Balaban J connectivity index is 1.15. The van der Waals surface area contributed by atoms with E-state index in [2.05, 4.69) is 21.2 Å². The van der Waals surface area contributed by atoms with Crippen LogP contribution in [0.3, 0.4) is 0 Å². The number of rotatable bonds is 27. The Morgan fingerprint density at radius 3 is 1.92 bits per heavy atom. The van der Waals surface area contributed by atoms with Gasteiger partial charge >= 0.3 is 18.0 Å². The second-order valence-electron chi connectivity index (χ2n) is 21.5. The third-order valence-corrected chi connectivity index (χ3v) is 15.3. The molecule has 19 nitrogen and oxygen atoms in total. The number of aliphatic hydroxyl groups excluding tert-OH is 2. The number of esters is 2. The molecule has 0 spiro atoms. The number of hydrogen-bond donors (Lipinski definition) is 5. The number of carbonyl (C=O) groups excluding carboxylic acids is 3. The molecule has 83 heavy (non-hydrogen) atoms. The third kappa shape index (κ3) is 17.7. The van der Waals surface area contributed by atoms with Crippen molar-refractivity contribution in [2.24, 2.45) is 0 Å². The minimum atomic E-state index is -2.63. The molecule has 0 bridgehead atoms. The first kappa shape index (κ1) is 63.3. The van der Waals surface area contributed by atoms with Crippen LogP contribution in [-0.4, -0.2) is 137 Å². The van der Waals surface area contributed by atoms with Crippen molar-refractivity contribution in [2.45, 2.75) is 171 Å². The lowest BCUT2D eigenvalue weighted by atomic mass is 9.78. The highest BCUT2D eigenvalue weighted by Crippen LogP contribution is 2.45. The molecule has 5 aromatic carbocycles. The number of alkyl carbamates (subject to hydrolysis) is 1. The van der Waals surface area contributed by atoms with Gasteiger partial charge in [-0.25, -0.2) is 4.79 Å². The minimum Gasteiger partial charge on any atom is -0.463 e. The zero-order valence-corrected chi connectivity index (χ0v) is 48.7. The number of carbonyl (C=O) groups is 3. The highest BCUT2D eigenvalue weighted by atomic mass is 79.9. The van der Waals surface area contributed by atoms with Crippen LogP contribution in [0.15, 0.2) is 150 Å². The molecule has 3 aliphatic rings. The Morgan fingerprint density at radius 2 is 1.31 bits per heavy atom. The number of hydrogen-bond acceptors (Lipinski definition) is 18. The molecule has 3 aliphatic heterocycles. The van der Waals surface area contributed by atoms with E-state index in [1.165, 1.54) is 6.92 Å². The van der Waals surface area contributed by atoms with E-state index in [0.717, 1.165) is 33.7 Å². The SMILES string of the molecule is CC(=O)OC[C@@H](OCc1ccccc1)[C@@]1(CCCCCNC(=O)OC(Cc2ccccc2)c2ccccc2)O[C@H](O[C@H]2[C@@H]([C@H]3COC(C)(C)O3)O[C@@](O)(C(O)O)C[C@H]2OCc2ccccc2)[C@@H](OC(C)=O)[C@@H](O)[C@@H]1OCc1ccc(Br)cc1. The van der Waals surface area contributed by atoms with Gasteiger partial charge in [0.2, 0.25) is 12.1 Å². The number of nitrogens with one attached hydrogen (secondary N) is 1. The fourth-order valence-electron chi connectivity index (χ4n) is 10.7.